The molecule has 0 aliphatic heterocycles. The van der Waals surface area contributed by atoms with Gasteiger partial charge >= 0.3 is 0 Å². The average molecular weight is 214 g/mol. The van der Waals surface area contributed by atoms with Gasteiger partial charge in [0.15, 0.2) is 0 Å². The third-order valence-electron chi connectivity index (χ3n) is 3.25. The molecule has 0 spiro atoms. The zero-order valence-electron chi connectivity index (χ0n) is 11.2. The molecule has 0 aliphatic rings. The molecule has 0 bridgehead atoms. The lowest BCUT2D eigenvalue weighted by Crippen LogP contribution is -2.31. The molecule has 0 saturated carbocycles. The van der Waals surface area contributed by atoms with Gasteiger partial charge in [0.05, 0.1) is 0 Å². The van der Waals surface area contributed by atoms with Gasteiger partial charge in [-0.1, -0.05) is 26.7 Å². The fraction of sp³-hybridized carbons (Fsp3) is 1.00. The molecule has 0 rings (SSSR count). The topological polar surface area (TPSA) is 15.3 Å². The normalized spacial score (nSPS) is 11.6. The minimum Gasteiger partial charge on any atom is -0.320 e. The first-order chi connectivity index (χ1) is 7.26. The minimum absolute atomic E-state index is 0.794. The van der Waals surface area contributed by atoms with E-state index in [1.165, 1.54) is 51.6 Å². The second-order valence-electron chi connectivity index (χ2n) is 4.47. The SMILES string of the molecule is CCC(CC)N(C)CCCCCCNC. The molecular weight excluding hydrogens is 184 g/mol. The molecular formula is C13H30N2. The molecule has 0 aromatic rings. The quantitative estimate of drug-likeness (QED) is 0.563. The van der Waals surface area contributed by atoms with Gasteiger partial charge < -0.3 is 10.2 Å². The Morgan fingerprint density at radius 3 is 2.13 bits per heavy atom. The predicted molar refractivity (Wildman–Crippen MR) is 69.4 cm³/mol. The van der Waals surface area contributed by atoms with Gasteiger partial charge in [-0.3, -0.25) is 0 Å². The average Bonchev–Trinajstić information content (AvgIpc) is 2.25. The Morgan fingerprint density at radius 2 is 1.60 bits per heavy atom. The van der Waals surface area contributed by atoms with Crippen molar-refractivity contribution in [2.45, 2.75) is 58.4 Å². The first-order valence-electron chi connectivity index (χ1n) is 6.61. The van der Waals surface area contributed by atoms with Crippen LogP contribution in [-0.4, -0.2) is 38.1 Å². The van der Waals surface area contributed by atoms with Crippen LogP contribution in [0.2, 0.25) is 0 Å². The molecule has 0 aromatic carbocycles. The van der Waals surface area contributed by atoms with E-state index in [0.717, 1.165) is 6.04 Å². The van der Waals surface area contributed by atoms with E-state index in [9.17, 15) is 0 Å². The van der Waals surface area contributed by atoms with E-state index in [0.29, 0.717) is 0 Å². The van der Waals surface area contributed by atoms with Crippen LogP contribution in [0.5, 0.6) is 0 Å². The molecule has 0 aromatic heterocycles. The first-order valence-corrected chi connectivity index (χ1v) is 6.61. The van der Waals surface area contributed by atoms with Crippen molar-refractivity contribution in [1.82, 2.24) is 10.2 Å². The number of rotatable bonds is 10. The van der Waals surface area contributed by atoms with Gasteiger partial charge in [-0.2, -0.15) is 0 Å². The molecule has 2 nitrogen and oxygen atoms in total. The van der Waals surface area contributed by atoms with E-state index in [1.54, 1.807) is 0 Å². The standard InChI is InChI=1S/C13H30N2/c1-5-13(6-2)15(4)12-10-8-7-9-11-14-3/h13-14H,5-12H2,1-4H3. The Morgan fingerprint density at radius 1 is 1.00 bits per heavy atom. The van der Waals surface area contributed by atoms with Crippen LogP contribution in [0, 0.1) is 0 Å². The van der Waals surface area contributed by atoms with Crippen LogP contribution < -0.4 is 5.32 Å². The maximum atomic E-state index is 3.19. The molecule has 0 amide bonds. The highest BCUT2D eigenvalue weighted by Gasteiger charge is 2.08. The molecule has 0 radical (unpaired) electrons. The number of nitrogens with zero attached hydrogens (tertiary/aromatic N) is 1. The van der Waals surface area contributed by atoms with Crippen molar-refractivity contribution in [2.75, 3.05) is 27.2 Å². The summed E-state index contributed by atoms with van der Waals surface area (Å²) < 4.78 is 0. The van der Waals surface area contributed by atoms with Crippen molar-refractivity contribution in [2.24, 2.45) is 0 Å². The second-order valence-corrected chi connectivity index (χ2v) is 4.47. The molecule has 0 fully saturated rings. The van der Waals surface area contributed by atoms with Crippen molar-refractivity contribution >= 4 is 0 Å². The lowest BCUT2D eigenvalue weighted by molar-refractivity contribution is 0.225. The van der Waals surface area contributed by atoms with Gasteiger partial charge in [-0.05, 0) is 52.9 Å². The number of hydrogen-bond acceptors (Lipinski definition) is 2. The zero-order chi connectivity index (χ0) is 11.5. The van der Waals surface area contributed by atoms with Crippen LogP contribution in [-0.2, 0) is 0 Å². The summed E-state index contributed by atoms with van der Waals surface area (Å²) in [5.74, 6) is 0. The smallest absolute Gasteiger partial charge is 0.00869 e. The Kier molecular flexibility index (Phi) is 10.4. The molecule has 92 valence electrons. The summed E-state index contributed by atoms with van der Waals surface area (Å²) in [6.07, 6.45) is 8.01. The van der Waals surface area contributed by atoms with Crippen LogP contribution in [0.3, 0.4) is 0 Å². The van der Waals surface area contributed by atoms with Gasteiger partial charge in [0, 0.05) is 6.04 Å². The molecule has 0 aliphatic carbocycles. The van der Waals surface area contributed by atoms with E-state index in [-0.39, 0.29) is 0 Å². The summed E-state index contributed by atoms with van der Waals surface area (Å²) in [7, 11) is 4.30. The van der Waals surface area contributed by atoms with E-state index in [4.69, 9.17) is 0 Å². The lowest BCUT2D eigenvalue weighted by Gasteiger charge is -2.25. The Balaban J connectivity index is 3.33. The van der Waals surface area contributed by atoms with Gasteiger partial charge in [-0.15, -0.1) is 0 Å². The molecule has 1 N–H and O–H groups in total. The van der Waals surface area contributed by atoms with Crippen LogP contribution in [0.4, 0.5) is 0 Å². The highest BCUT2D eigenvalue weighted by molar-refractivity contribution is 4.64. The Hall–Kier alpha value is -0.0800. The van der Waals surface area contributed by atoms with Crippen molar-refractivity contribution < 1.29 is 0 Å². The summed E-state index contributed by atoms with van der Waals surface area (Å²) >= 11 is 0. The van der Waals surface area contributed by atoms with Crippen LogP contribution in [0.15, 0.2) is 0 Å². The van der Waals surface area contributed by atoms with E-state index >= 15 is 0 Å². The van der Waals surface area contributed by atoms with E-state index in [2.05, 4.69) is 31.1 Å². The fourth-order valence-corrected chi connectivity index (χ4v) is 2.11. The maximum Gasteiger partial charge on any atom is 0.00869 e. The van der Waals surface area contributed by atoms with Gasteiger partial charge in [-0.25, -0.2) is 0 Å². The van der Waals surface area contributed by atoms with Crippen molar-refractivity contribution in [1.29, 1.82) is 0 Å². The van der Waals surface area contributed by atoms with Crippen LogP contribution >= 0.6 is 0 Å². The van der Waals surface area contributed by atoms with Gasteiger partial charge in [0.25, 0.3) is 0 Å². The summed E-state index contributed by atoms with van der Waals surface area (Å²) in [5, 5.41) is 3.19. The fourth-order valence-electron chi connectivity index (χ4n) is 2.11. The zero-order valence-corrected chi connectivity index (χ0v) is 11.2. The third-order valence-corrected chi connectivity index (χ3v) is 3.25. The van der Waals surface area contributed by atoms with E-state index in [1.807, 2.05) is 7.05 Å². The largest absolute Gasteiger partial charge is 0.320 e. The molecule has 0 unspecified atom stereocenters. The molecule has 2 heteroatoms. The minimum atomic E-state index is 0.794. The molecule has 15 heavy (non-hydrogen) atoms. The highest BCUT2D eigenvalue weighted by Crippen LogP contribution is 2.08. The Bertz CT molecular complexity index is 122. The highest BCUT2D eigenvalue weighted by atomic mass is 15.1. The third kappa shape index (κ3) is 7.80. The molecule has 0 heterocycles. The van der Waals surface area contributed by atoms with Gasteiger partial charge in [0.1, 0.15) is 0 Å². The summed E-state index contributed by atoms with van der Waals surface area (Å²) in [4.78, 5) is 2.53. The van der Waals surface area contributed by atoms with Crippen LogP contribution in [0.1, 0.15) is 52.4 Å². The predicted octanol–water partition coefficient (Wildman–Crippen LogP) is 2.89. The van der Waals surface area contributed by atoms with Crippen molar-refractivity contribution in [3.63, 3.8) is 0 Å². The Labute approximate surface area is 96.4 Å². The van der Waals surface area contributed by atoms with Crippen molar-refractivity contribution in [3.8, 4) is 0 Å². The lowest BCUT2D eigenvalue weighted by atomic mass is 10.1. The molecule has 0 saturated heterocycles. The second kappa shape index (κ2) is 10.4. The van der Waals surface area contributed by atoms with E-state index < -0.39 is 0 Å². The summed E-state index contributed by atoms with van der Waals surface area (Å²) in [6, 6.07) is 0.794. The van der Waals surface area contributed by atoms with Gasteiger partial charge in [0.2, 0.25) is 0 Å². The summed E-state index contributed by atoms with van der Waals surface area (Å²) in [5.41, 5.74) is 0. The maximum absolute atomic E-state index is 3.19. The number of hydrogen-bond donors (Lipinski definition) is 1. The number of unbranched alkanes of at least 4 members (excludes halogenated alkanes) is 3. The van der Waals surface area contributed by atoms with Crippen molar-refractivity contribution in [3.05, 3.63) is 0 Å². The van der Waals surface area contributed by atoms with Crippen LogP contribution in [0.25, 0.3) is 0 Å². The number of nitrogens with one attached hydrogen (secondary N) is 1. The molecule has 0 atom stereocenters. The summed E-state index contributed by atoms with van der Waals surface area (Å²) in [6.45, 7) is 7.02. The monoisotopic (exact) mass is 214 g/mol. The first kappa shape index (κ1) is 14.9.